The van der Waals surface area contributed by atoms with Crippen LogP contribution >= 0.6 is 0 Å². The molecule has 0 bridgehead atoms. The minimum Gasteiger partial charge on any atom is -0.345 e. The maximum atomic E-state index is 12.5. The van der Waals surface area contributed by atoms with Gasteiger partial charge in [0, 0.05) is 18.6 Å². The molecule has 7 nitrogen and oxygen atoms in total. The molecule has 1 atom stereocenters. The van der Waals surface area contributed by atoms with Gasteiger partial charge in [0.1, 0.15) is 11.2 Å². The van der Waals surface area contributed by atoms with Crippen molar-refractivity contribution in [3.63, 3.8) is 0 Å². The van der Waals surface area contributed by atoms with Gasteiger partial charge in [-0.05, 0) is 36.8 Å². The lowest BCUT2D eigenvalue weighted by Gasteiger charge is -2.14. The first kappa shape index (κ1) is 17.8. The van der Waals surface area contributed by atoms with Crippen LogP contribution in [0, 0.1) is 0 Å². The lowest BCUT2D eigenvalue weighted by Crippen LogP contribution is -2.33. The minimum atomic E-state index is -3.28. The molecule has 0 aliphatic heterocycles. The van der Waals surface area contributed by atoms with Crippen LogP contribution < -0.4 is 10.9 Å². The van der Waals surface area contributed by atoms with Gasteiger partial charge in [-0.2, -0.15) is 0 Å². The number of sulfone groups is 1. The van der Waals surface area contributed by atoms with Crippen LogP contribution in [0.15, 0.2) is 64.5 Å². The number of aromatic nitrogens is 2. The van der Waals surface area contributed by atoms with Crippen molar-refractivity contribution in [3.05, 3.63) is 76.3 Å². The summed E-state index contributed by atoms with van der Waals surface area (Å²) in [6.07, 6.45) is 3.94. The number of carbonyl (C=O) groups is 1. The van der Waals surface area contributed by atoms with Crippen molar-refractivity contribution in [3.8, 4) is 0 Å². The molecule has 3 rings (SSSR count). The fourth-order valence-electron chi connectivity index (χ4n) is 2.54. The van der Waals surface area contributed by atoms with E-state index in [9.17, 15) is 18.0 Å². The molecule has 1 N–H and O–H groups in total. The number of amides is 1. The monoisotopic (exact) mass is 371 g/mol. The Morgan fingerprint density at radius 3 is 2.50 bits per heavy atom. The van der Waals surface area contributed by atoms with E-state index in [0.717, 1.165) is 11.8 Å². The molecule has 1 unspecified atom stereocenters. The lowest BCUT2D eigenvalue weighted by molar-refractivity contribution is 0.0938. The smallest absolute Gasteiger partial charge is 0.270 e. The van der Waals surface area contributed by atoms with Gasteiger partial charge in [0.25, 0.3) is 11.5 Å². The number of fused-ring (bicyclic) bond motifs is 1. The molecule has 2 aromatic heterocycles. The quantitative estimate of drug-likeness (QED) is 0.751. The number of hydrogen-bond donors (Lipinski definition) is 1. The second kappa shape index (κ2) is 6.72. The first-order chi connectivity index (χ1) is 12.3. The zero-order valence-corrected chi connectivity index (χ0v) is 15.0. The number of nitrogens with one attached hydrogen (secondary N) is 1. The topological polar surface area (TPSA) is 97.6 Å². The number of carbonyl (C=O) groups excluding carboxylic acids is 1. The van der Waals surface area contributed by atoms with Crippen LogP contribution in [0.3, 0.4) is 0 Å². The van der Waals surface area contributed by atoms with E-state index < -0.39 is 27.3 Å². The number of hydrogen-bond acceptors (Lipinski definition) is 5. The van der Waals surface area contributed by atoms with E-state index in [-0.39, 0.29) is 10.5 Å². The van der Waals surface area contributed by atoms with Crippen molar-refractivity contribution in [1.29, 1.82) is 0 Å². The molecule has 2 heterocycles. The molecule has 0 saturated heterocycles. The Morgan fingerprint density at radius 2 is 1.85 bits per heavy atom. The number of pyridine rings is 1. The van der Waals surface area contributed by atoms with E-state index in [2.05, 4.69) is 10.3 Å². The summed E-state index contributed by atoms with van der Waals surface area (Å²) in [5, 5.41) is 2.73. The van der Waals surface area contributed by atoms with E-state index >= 15 is 0 Å². The fraction of sp³-hybridized carbons (Fsp3) is 0.167. The molecule has 1 amide bonds. The maximum Gasteiger partial charge on any atom is 0.270 e. The normalized spacial score (nSPS) is 12.7. The van der Waals surface area contributed by atoms with Crippen molar-refractivity contribution in [2.24, 2.45) is 0 Å². The van der Waals surface area contributed by atoms with Gasteiger partial charge in [0.05, 0.1) is 10.9 Å². The zero-order valence-electron chi connectivity index (χ0n) is 14.2. The van der Waals surface area contributed by atoms with Gasteiger partial charge in [-0.1, -0.05) is 18.2 Å². The third kappa shape index (κ3) is 3.50. The van der Waals surface area contributed by atoms with Crippen LogP contribution in [-0.2, 0) is 9.84 Å². The molecule has 0 aliphatic rings. The van der Waals surface area contributed by atoms with Crippen LogP contribution in [-0.4, -0.2) is 30.0 Å². The summed E-state index contributed by atoms with van der Waals surface area (Å²) >= 11 is 0. The SMILES string of the molecule is CC(NC(=O)c1cnc2ccccn2c1=O)c1ccc(S(C)(=O)=O)cc1. The van der Waals surface area contributed by atoms with Crippen LogP contribution in [0.4, 0.5) is 0 Å². The Kier molecular flexibility index (Phi) is 4.60. The molecule has 3 aromatic rings. The molecule has 134 valence electrons. The Balaban J connectivity index is 1.84. The Hall–Kier alpha value is -3.00. The van der Waals surface area contributed by atoms with E-state index in [1.54, 1.807) is 43.5 Å². The second-order valence-corrected chi connectivity index (χ2v) is 7.96. The van der Waals surface area contributed by atoms with Gasteiger partial charge in [-0.3, -0.25) is 14.0 Å². The highest BCUT2D eigenvalue weighted by molar-refractivity contribution is 7.90. The van der Waals surface area contributed by atoms with E-state index in [4.69, 9.17) is 0 Å². The number of nitrogens with zero attached hydrogens (tertiary/aromatic N) is 2. The average molecular weight is 371 g/mol. The van der Waals surface area contributed by atoms with Crippen LogP contribution in [0.5, 0.6) is 0 Å². The summed E-state index contributed by atoms with van der Waals surface area (Å²) in [6.45, 7) is 1.75. The molecule has 0 fully saturated rings. The van der Waals surface area contributed by atoms with Gasteiger partial charge >= 0.3 is 0 Å². The summed E-state index contributed by atoms with van der Waals surface area (Å²) in [5.74, 6) is -0.541. The van der Waals surface area contributed by atoms with Crippen LogP contribution in [0.2, 0.25) is 0 Å². The molecular weight excluding hydrogens is 354 g/mol. The Bertz CT molecular complexity index is 1140. The first-order valence-corrected chi connectivity index (χ1v) is 9.74. The molecule has 0 saturated carbocycles. The molecule has 26 heavy (non-hydrogen) atoms. The minimum absolute atomic E-state index is 0.0618. The summed E-state index contributed by atoms with van der Waals surface area (Å²) < 4.78 is 24.3. The van der Waals surface area contributed by atoms with Crippen LogP contribution in [0.25, 0.3) is 5.65 Å². The zero-order chi connectivity index (χ0) is 18.9. The third-order valence-corrected chi connectivity index (χ3v) is 5.14. The molecular formula is C18H17N3O4S. The molecule has 1 aromatic carbocycles. The van der Waals surface area contributed by atoms with E-state index in [1.165, 1.54) is 22.7 Å². The van der Waals surface area contributed by atoms with Crippen LogP contribution in [0.1, 0.15) is 28.9 Å². The summed E-state index contributed by atoms with van der Waals surface area (Å²) in [5.41, 5.74) is 0.666. The highest BCUT2D eigenvalue weighted by Gasteiger charge is 2.17. The van der Waals surface area contributed by atoms with Crippen molar-refractivity contribution in [1.82, 2.24) is 14.7 Å². The Morgan fingerprint density at radius 1 is 1.15 bits per heavy atom. The molecule has 8 heteroatoms. The highest BCUT2D eigenvalue weighted by atomic mass is 32.2. The highest BCUT2D eigenvalue weighted by Crippen LogP contribution is 2.16. The van der Waals surface area contributed by atoms with Crippen molar-refractivity contribution >= 4 is 21.4 Å². The van der Waals surface area contributed by atoms with Gasteiger partial charge in [0.15, 0.2) is 9.84 Å². The number of rotatable bonds is 4. The standard InChI is InChI=1S/C18H17N3O4S/c1-12(13-6-8-14(9-7-13)26(2,24)25)20-17(22)15-11-19-16-5-3-4-10-21(16)18(15)23/h3-12H,1-2H3,(H,20,22). The van der Waals surface area contributed by atoms with Gasteiger partial charge in [0.2, 0.25) is 0 Å². The second-order valence-electron chi connectivity index (χ2n) is 5.94. The lowest BCUT2D eigenvalue weighted by atomic mass is 10.1. The van der Waals surface area contributed by atoms with Gasteiger partial charge in [-0.15, -0.1) is 0 Å². The largest absolute Gasteiger partial charge is 0.345 e. The van der Waals surface area contributed by atoms with Crippen molar-refractivity contribution in [2.75, 3.05) is 6.26 Å². The van der Waals surface area contributed by atoms with E-state index in [1.807, 2.05) is 0 Å². The maximum absolute atomic E-state index is 12.5. The van der Waals surface area contributed by atoms with Crippen molar-refractivity contribution < 1.29 is 13.2 Å². The fourth-order valence-corrected chi connectivity index (χ4v) is 3.17. The predicted molar refractivity (Wildman–Crippen MR) is 96.9 cm³/mol. The molecule has 0 radical (unpaired) electrons. The number of benzene rings is 1. The summed E-state index contributed by atoms with van der Waals surface area (Å²) in [6, 6.07) is 10.9. The third-order valence-electron chi connectivity index (χ3n) is 4.01. The first-order valence-electron chi connectivity index (χ1n) is 7.84. The van der Waals surface area contributed by atoms with E-state index in [0.29, 0.717) is 5.65 Å². The molecule has 0 spiro atoms. The Labute approximate surface area is 150 Å². The average Bonchev–Trinajstić information content (AvgIpc) is 2.61. The van der Waals surface area contributed by atoms with Gasteiger partial charge in [-0.25, -0.2) is 13.4 Å². The molecule has 0 aliphatic carbocycles. The van der Waals surface area contributed by atoms with Crippen molar-refractivity contribution in [2.45, 2.75) is 17.9 Å². The summed E-state index contributed by atoms with van der Waals surface area (Å²) in [7, 11) is -3.28. The predicted octanol–water partition coefficient (Wildman–Crippen LogP) is 1.59. The van der Waals surface area contributed by atoms with Gasteiger partial charge < -0.3 is 5.32 Å². The summed E-state index contributed by atoms with van der Waals surface area (Å²) in [4.78, 5) is 29.2.